The summed E-state index contributed by atoms with van der Waals surface area (Å²) in [5.41, 5.74) is 1.48. The first-order valence-electron chi connectivity index (χ1n) is 4.60. The molecule has 1 aromatic heterocycles. The van der Waals surface area contributed by atoms with Crippen molar-refractivity contribution in [1.82, 2.24) is 15.0 Å². The summed E-state index contributed by atoms with van der Waals surface area (Å²) in [4.78, 5) is 0. The van der Waals surface area contributed by atoms with Crippen LogP contribution in [-0.2, 0) is 6.54 Å². The van der Waals surface area contributed by atoms with Gasteiger partial charge in [-0.1, -0.05) is 17.3 Å². The standard InChI is InChI=1S/C10H11N3O2/c14-5-4-13-7-10(11-12-13)8-2-1-3-9(15)6-8/h1-3,6-7,14-15H,4-5H2. The number of benzene rings is 1. The van der Waals surface area contributed by atoms with Crippen LogP contribution in [0.4, 0.5) is 0 Å². The number of aromatic hydroxyl groups is 1. The lowest BCUT2D eigenvalue weighted by Crippen LogP contribution is -2.01. The highest BCUT2D eigenvalue weighted by atomic mass is 16.3. The number of hydrogen-bond donors (Lipinski definition) is 2. The van der Waals surface area contributed by atoms with E-state index in [4.69, 9.17) is 5.11 Å². The molecule has 0 saturated carbocycles. The second kappa shape index (κ2) is 4.10. The molecule has 0 radical (unpaired) electrons. The molecular weight excluding hydrogens is 194 g/mol. The molecule has 2 aromatic rings. The van der Waals surface area contributed by atoms with Gasteiger partial charge in [-0.15, -0.1) is 5.10 Å². The Hall–Kier alpha value is -1.88. The Balaban J connectivity index is 2.29. The molecule has 0 spiro atoms. The van der Waals surface area contributed by atoms with Gasteiger partial charge in [0.25, 0.3) is 0 Å². The van der Waals surface area contributed by atoms with E-state index in [0.717, 1.165) is 5.56 Å². The highest BCUT2D eigenvalue weighted by Gasteiger charge is 2.03. The van der Waals surface area contributed by atoms with Crippen LogP contribution in [0, 0.1) is 0 Å². The van der Waals surface area contributed by atoms with Crippen molar-refractivity contribution in [2.24, 2.45) is 0 Å². The zero-order valence-corrected chi connectivity index (χ0v) is 8.04. The second-order valence-electron chi connectivity index (χ2n) is 3.14. The van der Waals surface area contributed by atoms with Crippen LogP contribution in [0.25, 0.3) is 11.3 Å². The van der Waals surface area contributed by atoms with Crippen molar-refractivity contribution in [3.05, 3.63) is 30.5 Å². The number of aliphatic hydroxyl groups excluding tert-OH is 1. The Bertz CT molecular complexity index is 453. The molecule has 0 saturated heterocycles. The second-order valence-corrected chi connectivity index (χ2v) is 3.14. The Labute approximate surface area is 86.6 Å². The van der Waals surface area contributed by atoms with Crippen molar-refractivity contribution < 1.29 is 10.2 Å². The minimum absolute atomic E-state index is 0.0306. The molecule has 0 aliphatic heterocycles. The van der Waals surface area contributed by atoms with E-state index in [-0.39, 0.29) is 12.4 Å². The summed E-state index contributed by atoms with van der Waals surface area (Å²) in [5.74, 6) is 0.198. The fourth-order valence-electron chi connectivity index (χ4n) is 1.31. The van der Waals surface area contributed by atoms with Gasteiger partial charge in [0.2, 0.25) is 0 Å². The number of hydrogen-bond acceptors (Lipinski definition) is 4. The molecule has 0 amide bonds. The van der Waals surface area contributed by atoms with Crippen molar-refractivity contribution in [3.63, 3.8) is 0 Å². The molecule has 1 aromatic carbocycles. The van der Waals surface area contributed by atoms with Gasteiger partial charge >= 0.3 is 0 Å². The van der Waals surface area contributed by atoms with Crippen LogP contribution in [0.5, 0.6) is 5.75 Å². The molecule has 0 fully saturated rings. The normalized spacial score (nSPS) is 10.5. The first kappa shape index (κ1) is 9.67. The van der Waals surface area contributed by atoms with E-state index in [1.807, 2.05) is 6.07 Å². The molecule has 0 unspecified atom stereocenters. The highest BCUT2D eigenvalue weighted by Crippen LogP contribution is 2.20. The monoisotopic (exact) mass is 205 g/mol. The van der Waals surface area contributed by atoms with Crippen LogP contribution in [-0.4, -0.2) is 31.8 Å². The van der Waals surface area contributed by atoms with Gasteiger partial charge in [-0.05, 0) is 12.1 Å². The number of aromatic nitrogens is 3. The third-order valence-corrected chi connectivity index (χ3v) is 2.01. The fraction of sp³-hybridized carbons (Fsp3) is 0.200. The van der Waals surface area contributed by atoms with Gasteiger partial charge in [0, 0.05) is 5.56 Å². The summed E-state index contributed by atoms with van der Waals surface area (Å²) in [6, 6.07) is 6.80. The minimum atomic E-state index is 0.0306. The van der Waals surface area contributed by atoms with E-state index in [0.29, 0.717) is 12.2 Å². The van der Waals surface area contributed by atoms with Gasteiger partial charge < -0.3 is 10.2 Å². The third-order valence-electron chi connectivity index (χ3n) is 2.01. The first-order valence-corrected chi connectivity index (χ1v) is 4.60. The number of nitrogens with zero attached hydrogens (tertiary/aromatic N) is 3. The zero-order chi connectivity index (χ0) is 10.7. The topological polar surface area (TPSA) is 71.2 Å². The average Bonchev–Trinajstić information content (AvgIpc) is 2.67. The molecular formula is C10H11N3O2. The van der Waals surface area contributed by atoms with Crippen molar-refractivity contribution in [2.75, 3.05) is 6.61 Å². The summed E-state index contributed by atoms with van der Waals surface area (Å²) in [6.07, 6.45) is 1.73. The summed E-state index contributed by atoms with van der Waals surface area (Å²) in [5, 5.41) is 25.8. The van der Waals surface area contributed by atoms with Crippen molar-refractivity contribution in [1.29, 1.82) is 0 Å². The van der Waals surface area contributed by atoms with Crippen LogP contribution in [0.1, 0.15) is 0 Å². The van der Waals surface area contributed by atoms with E-state index >= 15 is 0 Å². The maximum atomic E-state index is 9.29. The smallest absolute Gasteiger partial charge is 0.116 e. The van der Waals surface area contributed by atoms with E-state index < -0.39 is 0 Å². The molecule has 2 rings (SSSR count). The van der Waals surface area contributed by atoms with Crippen LogP contribution in [0.15, 0.2) is 30.5 Å². The first-order chi connectivity index (χ1) is 7.29. The predicted octanol–water partition coefficient (Wildman–Crippen LogP) is 0.643. The lowest BCUT2D eigenvalue weighted by Gasteiger charge is -1.96. The largest absolute Gasteiger partial charge is 0.508 e. The summed E-state index contributed by atoms with van der Waals surface area (Å²) < 4.78 is 1.55. The van der Waals surface area contributed by atoms with Crippen LogP contribution < -0.4 is 0 Å². The van der Waals surface area contributed by atoms with Crippen molar-refractivity contribution >= 4 is 0 Å². The zero-order valence-electron chi connectivity index (χ0n) is 8.04. The molecule has 15 heavy (non-hydrogen) atoms. The number of rotatable bonds is 3. The van der Waals surface area contributed by atoms with E-state index in [1.165, 1.54) is 0 Å². The maximum absolute atomic E-state index is 9.29. The summed E-state index contributed by atoms with van der Waals surface area (Å²) in [7, 11) is 0. The van der Waals surface area contributed by atoms with E-state index in [1.54, 1.807) is 29.1 Å². The molecule has 1 heterocycles. The third kappa shape index (κ3) is 2.13. The fourth-order valence-corrected chi connectivity index (χ4v) is 1.31. The molecule has 0 bridgehead atoms. The molecule has 0 aliphatic carbocycles. The van der Waals surface area contributed by atoms with Crippen molar-refractivity contribution in [2.45, 2.75) is 6.54 Å². The van der Waals surface area contributed by atoms with Crippen molar-refractivity contribution in [3.8, 4) is 17.0 Å². The van der Waals surface area contributed by atoms with Gasteiger partial charge in [0.15, 0.2) is 0 Å². The van der Waals surface area contributed by atoms with Crippen LogP contribution in [0.3, 0.4) is 0 Å². The van der Waals surface area contributed by atoms with Crippen LogP contribution >= 0.6 is 0 Å². The van der Waals surface area contributed by atoms with Crippen LogP contribution in [0.2, 0.25) is 0 Å². The van der Waals surface area contributed by atoms with Gasteiger partial charge in [-0.3, -0.25) is 0 Å². The Kier molecular flexibility index (Phi) is 2.64. The lowest BCUT2D eigenvalue weighted by molar-refractivity contribution is 0.268. The summed E-state index contributed by atoms with van der Waals surface area (Å²) >= 11 is 0. The average molecular weight is 205 g/mol. The molecule has 78 valence electrons. The Morgan fingerprint density at radius 1 is 1.33 bits per heavy atom. The quantitative estimate of drug-likeness (QED) is 0.771. The molecule has 5 nitrogen and oxygen atoms in total. The van der Waals surface area contributed by atoms with Gasteiger partial charge in [0.1, 0.15) is 11.4 Å². The molecule has 5 heteroatoms. The SMILES string of the molecule is OCCn1cc(-c2cccc(O)c2)nn1. The number of phenolic OH excluding ortho intramolecular Hbond substituents is 1. The number of phenols is 1. The maximum Gasteiger partial charge on any atom is 0.116 e. The Morgan fingerprint density at radius 3 is 2.93 bits per heavy atom. The van der Waals surface area contributed by atoms with E-state index in [2.05, 4.69) is 10.3 Å². The Morgan fingerprint density at radius 2 is 2.20 bits per heavy atom. The van der Waals surface area contributed by atoms with Gasteiger partial charge in [0.05, 0.1) is 19.3 Å². The number of aliphatic hydroxyl groups is 1. The van der Waals surface area contributed by atoms with E-state index in [9.17, 15) is 5.11 Å². The molecule has 0 atom stereocenters. The summed E-state index contributed by atoms with van der Waals surface area (Å²) in [6.45, 7) is 0.453. The highest BCUT2D eigenvalue weighted by molar-refractivity contribution is 5.59. The lowest BCUT2D eigenvalue weighted by atomic mass is 10.1. The predicted molar refractivity (Wildman–Crippen MR) is 54.2 cm³/mol. The molecule has 0 aliphatic rings. The van der Waals surface area contributed by atoms with Gasteiger partial charge in [-0.25, -0.2) is 4.68 Å². The molecule has 2 N–H and O–H groups in total. The van der Waals surface area contributed by atoms with Gasteiger partial charge in [-0.2, -0.15) is 0 Å². The minimum Gasteiger partial charge on any atom is -0.508 e.